The van der Waals surface area contributed by atoms with E-state index in [-0.39, 0.29) is 21.7 Å². The van der Waals surface area contributed by atoms with E-state index in [4.69, 9.17) is 28.9 Å². The van der Waals surface area contributed by atoms with Gasteiger partial charge in [0.1, 0.15) is 17.7 Å². The topological polar surface area (TPSA) is 98.7 Å². The maximum absolute atomic E-state index is 11.9. The van der Waals surface area contributed by atoms with E-state index in [1.54, 1.807) is 10.8 Å². The molecule has 19 heavy (non-hydrogen) atoms. The molecule has 0 aliphatic rings. The number of aromatic nitrogens is 4. The summed E-state index contributed by atoms with van der Waals surface area (Å²) in [6, 6.07) is 0. The number of hydrogen-bond donors (Lipinski definition) is 2. The van der Waals surface area contributed by atoms with E-state index in [1.807, 2.05) is 0 Å². The Balaban J connectivity index is 2.16. The first-order chi connectivity index (χ1) is 9.11. The first-order valence-corrected chi connectivity index (χ1v) is 6.06. The molecule has 0 fully saturated rings. The van der Waals surface area contributed by atoms with Gasteiger partial charge in [-0.25, -0.2) is 15.0 Å². The molecule has 0 saturated carbocycles. The van der Waals surface area contributed by atoms with Crippen molar-refractivity contribution in [2.45, 2.75) is 6.54 Å². The van der Waals surface area contributed by atoms with Crippen LogP contribution in [0.4, 0.5) is 5.69 Å². The van der Waals surface area contributed by atoms with E-state index in [2.05, 4.69) is 20.3 Å². The van der Waals surface area contributed by atoms with E-state index in [1.165, 1.54) is 12.7 Å². The number of rotatable bonds is 4. The predicted molar refractivity (Wildman–Crippen MR) is 71.3 cm³/mol. The maximum Gasteiger partial charge on any atom is 0.276 e. The molecule has 9 heteroatoms. The Hall–Kier alpha value is -1.70. The number of imidazole rings is 1. The molecule has 100 valence electrons. The summed E-state index contributed by atoms with van der Waals surface area (Å²) in [4.78, 5) is 23.4. The van der Waals surface area contributed by atoms with Gasteiger partial charge in [-0.05, 0) is 0 Å². The lowest BCUT2D eigenvalue weighted by Gasteiger charge is -2.05. The molecular weight excluding hydrogens is 291 g/mol. The third-order valence-electron chi connectivity index (χ3n) is 2.25. The standard InChI is InChI=1S/C10H10Cl2N6O/c11-8-7(9(12)15-4-14-8)17-10(19)6-3-18(2-1-13)5-16-6/h3-5H,1-2,13H2,(H,17,19). The van der Waals surface area contributed by atoms with Gasteiger partial charge in [0.2, 0.25) is 0 Å². The molecule has 3 N–H and O–H groups in total. The van der Waals surface area contributed by atoms with Crippen molar-refractivity contribution >= 4 is 34.8 Å². The van der Waals surface area contributed by atoms with E-state index < -0.39 is 5.91 Å². The zero-order chi connectivity index (χ0) is 13.8. The number of hydrogen-bond acceptors (Lipinski definition) is 5. The van der Waals surface area contributed by atoms with Crippen LogP contribution in [0.15, 0.2) is 18.9 Å². The number of nitrogens with one attached hydrogen (secondary N) is 1. The number of nitrogens with two attached hydrogens (primary N) is 1. The zero-order valence-corrected chi connectivity index (χ0v) is 11.2. The maximum atomic E-state index is 11.9. The number of anilines is 1. The monoisotopic (exact) mass is 300 g/mol. The summed E-state index contributed by atoms with van der Waals surface area (Å²) in [7, 11) is 0. The van der Waals surface area contributed by atoms with Crippen LogP contribution >= 0.6 is 23.2 Å². The Kier molecular flexibility index (Phi) is 4.31. The smallest absolute Gasteiger partial charge is 0.276 e. The highest BCUT2D eigenvalue weighted by atomic mass is 35.5. The Morgan fingerprint density at radius 3 is 2.63 bits per heavy atom. The molecule has 0 radical (unpaired) electrons. The minimum Gasteiger partial charge on any atom is -0.335 e. The Morgan fingerprint density at radius 1 is 1.32 bits per heavy atom. The van der Waals surface area contributed by atoms with Crippen LogP contribution in [0.25, 0.3) is 0 Å². The summed E-state index contributed by atoms with van der Waals surface area (Å²) in [5.74, 6) is -0.450. The largest absolute Gasteiger partial charge is 0.335 e. The van der Waals surface area contributed by atoms with Crippen molar-refractivity contribution < 1.29 is 4.79 Å². The first kappa shape index (κ1) is 13.7. The number of nitrogens with zero attached hydrogens (tertiary/aromatic N) is 4. The highest BCUT2D eigenvalue weighted by Crippen LogP contribution is 2.25. The summed E-state index contributed by atoms with van der Waals surface area (Å²) in [5.41, 5.74) is 5.79. The van der Waals surface area contributed by atoms with Crippen LogP contribution < -0.4 is 11.1 Å². The normalized spacial score (nSPS) is 10.5. The fourth-order valence-corrected chi connectivity index (χ4v) is 1.78. The molecule has 0 aliphatic carbocycles. The van der Waals surface area contributed by atoms with Gasteiger partial charge in [0, 0.05) is 19.3 Å². The van der Waals surface area contributed by atoms with Crippen molar-refractivity contribution in [3.63, 3.8) is 0 Å². The number of carbonyl (C=O) groups excluding carboxylic acids is 1. The van der Waals surface area contributed by atoms with E-state index in [9.17, 15) is 4.79 Å². The molecule has 2 heterocycles. The molecule has 1 amide bonds. The van der Waals surface area contributed by atoms with E-state index in [0.717, 1.165) is 0 Å². The van der Waals surface area contributed by atoms with Crippen LogP contribution in [0.1, 0.15) is 10.5 Å². The lowest BCUT2D eigenvalue weighted by atomic mass is 10.4. The van der Waals surface area contributed by atoms with Crippen LogP contribution in [0, 0.1) is 0 Å². The zero-order valence-electron chi connectivity index (χ0n) is 9.68. The molecular formula is C10H10Cl2N6O. The summed E-state index contributed by atoms with van der Waals surface area (Å²) in [6.07, 6.45) is 4.30. The Morgan fingerprint density at radius 2 is 2.00 bits per heavy atom. The van der Waals surface area contributed by atoms with Crippen LogP contribution in [0.2, 0.25) is 10.3 Å². The van der Waals surface area contributed by atoms with Gasteiger partial charge in [0.25, 0.3) is 5.91 Å². The minimum atomic E-state index is -0.450. The second kappa shape index (κ2) is 5.96. The summed E-state index contributed by atoms with van der Waals surface area (Å²) >= 11 is 11.6. The third-order valence-corrected chi connectivity index (χ3v) is 2.82. The number of halogens is 2. The Bertz CT molecular complexity index is 579. The second-order valence-electron chi connectivity index (χ2n) is 3.57. The van der Waals surface area contributed by atoms with Gasteiger partial charge in [0.15, 0.2) is 10.3 Å². The van der Waals surface area contributed by atoms with Gasteiger partial charge in [0.05, 0.1) is 6.33 Å². The fourth-order valence-electron chi connectivity index (χ4n) is 1.37. The van der Waals surface area contributed by atoms with Gasteiger partial charge in [-0.2, -0.15) is 0 Å². The van der Waals surface area contributed by atoms with Crippen molar-refractivity contribution in [3.05, 3.63) is 34.9 Å². The lowest BCUT2D eigenvalue weighted by Crippen LogP contribution is -2.14. The first-order valence-electron chi connectivity index (χ1n) is 5.31. The van der Waals surface area contributed by atoms with Gasteiger partial charge in [-0.3, -0.25) is 4.79 Å². The molecule has 0 atom stereocenters. The summed E-state index contributed by atoms with van der Waals surface area (Å²) < 4.78 is 1.71. The molecule has 7 nitrogen and oxygen atoms in total. The van der Waals surface area contributed by atoms with Crippen molar-refractivity contribution in [2.75, 3.05) is 11.9 Å². The Labute approximate surface area is 118 Å². The van der Waals surface area contributed by atoms with Gasteiger partial charge >= 0.3 is 0 Å². The predicted octanol–water partition coefficient (Wildman–Crippen LogP) is 1.19. The van der Waals surface area contributed by atoms with Crippen LogP contribution in [-0.2, 0) is 6.54 Å². The third kappa shape index (κ3) is 3.19. The van der Waals surface area contributed by atoms with Crippen molar-refractivity contribution in [3.8, 4) is 0 Å². The van der Waals surface area contributed by atoms with Crippen LogP contribution in [0.3, 0.4) is 0 Å². The highest BCUT2D eigenvalue weighted by Gasteiger charge is 2.15. The SMILES string of the molecule is NCCn1cnc(C(=O)Nc2c(Cl)ncnc2Cl)c1. The van der Waals surface area contributed by atoms with Gasteiger partial charge in [-0.15, -0.1) is 0 Å². The van der Waals surface area contributed by atoms with Crippen molar-refractivity contribution in [1.82, 2.24) is 19.5 Å². The van der Waals surface area contributed by atoms with Gasteiger partial charge < -0.3 is 15.6 Å². The number of carbonyl (C=O) groups is 1. The molecule has 0 saturated heterocycles. The molecule has 2 rings (SSSR count). The molecule has 2 aromatic rings. The van der Waals surface area contributed by atoms with Crippen molar-refractivity contribution in [2.24, 2.45) is 5.73 Å². The number of amides is 1. The second-order valence-corrected chi connectivity index (χ2v) is 4.29. The molecule has 0 spiro atoms. The summed E-state index contributed by atoms with van der Waals surface area (Å²) in [5, 5.41) is 2.64. The lowest BCUT2D eigenvalue weighted by molar-refractivity contribution is 0.102. The van der Waals surface area contributed by atoms with Crippen LogP contribution in [0.5, 0.6) is 0 Å². The fraction of sp³-hybridized carbons (Fsp3) is 0.200. The van der Waals surface area contributed by atoms with E-state index in [0.29, 0.717) is 13.1 Å². The highest BCUT2D eigenvalue weighted by molar-refractivity contribution is 6.38. The van der Waals surface area contributed by atoms with Crippen molar-refractivity contribution in [1.29, 1.82) is 0 Å². The average Bonchev–Trinajstić information content (AvgIpc) is 2.83. The van der Waals surface area contributed by atoms with Gasteiger partial charge in [-0.1, -0.05) is 23.2 Å². The molecule has 2 aromatic heterocycles. The van der Waals surface area contributed by atoms with Crippen LogP contribution in [-0.4, -0.2) is 32.0 Å². The molecule has 0 bridgehead atoms. The quantitative estimate of drug-likeness (QED) is 0.826. The average molecular weight is 301 g/mol. The summed E-state index contributed by atoms with van der Waals surface area (Å²) in [6.45, 7) is 1.04. The molecule has 0 aliphatic heterocycles. The minimum absolute atomic E-state index is 0.0646. The van der Waals surface area contributed by atoms with E-state index >= 15 is 0 Å². The molecule has 0 unspecified atom stereocenters. The molecule has 0 aromatic carbocycles.